The van der Waals surface area contributed by atoms with Gasteiger partial charge in [0.15, 0.2) is 5.02 Å². The van der Waals surface area contributed by atoms with Crippen LogP contribution in [-0.2, 0) is 22.3 Å². The van der Waals surface area contributed by atoms with Crippen LogP contribution in [0.1, 0.15) is 31.0 Å². The maximum absolute atomic E-state index is 12.8. The van der Waals surface area contributed by atoms with Gasteiger partial charge in [0.1, 0.15) is 12.9 Å². The first-order valence-electron chi connectivity index (χ1n) is 9.86. The van der Waals surface area contributed by atoms with Gasteiger partial charge in [0.2, 0.25) is 17.7 Å². The van der Waals surface area contributed by atoms with E-state index in [9.17, 15) is 18.0 Å². The highest BCUT2D eigenvalue weighted by Crippen LogP contribution is 2.34. The minimum atomic E-state index is -4.47. The van der Waals surface area contributed by atoms with E-state index in [2.05, 4.69) is 20.3 Å². The average Bonchev–Trinajstić information content (AvgIpc) is 2.71. The van der Waals surface area contributed by atoms with Crippen LogP contribution in [0, 0.1) is 5.92 Å². The van der Waals surface area contributed by atoms with Gasteiger partial charge in [-0.05, 0) is 30.9 Å². The van der Waals surface area contributed by atoms with E-state index >= 15 is 0 Å². The van der Waals surface area contributed by atoms with Gasteiger partial charge in [0.05, 0.1) is 30.6 Å². The number of nitrogens with one attached hydrogen (secondary N) is 1. The fourth-order valence-corrected chi connectivity index (χ4v) is 3.22. The van der Waals surface area contributed by atoms with Crippen LogP contribution in [0.15, 0.2) is 24.7 Å². The topological polar surface area (TPSA) is 95.5 Å². The van der Waals surface area contributed by atoms with E-state index < -0.39 is 11.7 Å². The van der Waals surface area contributed by atoms with Crippen molar-refractivity contribution in [2.75, 3.05) is 19.8 Å². The van der Waals surface area contributed by atoms with Crippen molar-refractivity contribution in [2.24, 2.45) is 5.92 Å². The standard InChI is InChI=1S/C20H22ClF3N4O4/c1-12(29)25-4-5-30-16-6-13(7-16)9-31-18-17(21)19(28-11-27-18)32-10-15-8-14(2-3-26-15)20(22,23)24/h2-3,8,11,13,16H,4-7,9-10H2,1H3,(H,25,29)/t13-,16-. The lowest BCUT2D eigenvalue weighted by molar-refractivity contribution is -0.137. The normalized spacial score (nSPS) is 18.0. The molecule has 0 aliphatic heterocycles. The number of rotatable bonds is 10. The second-order valence-corrected chi connectivity index (χ2v) is 7.62. The van der Waals surface area contributed by atoms with Gasteiger partial charge in [0.25, 0.3) is 0 Å². The summed E-state index contributed by atoms with van der Waals surface area (Å²) in [4.78, 5) is 22.6. The first-order valence-corrected chi connectivity index (χ1v) is 10.2. The lowest BCUT2D eigenvalue weighted by atomic mass is 9.83. The average molecular weight is 475 g/mol. The summed E-state index contributed by atoms with van der Waals surface area (Å²) in [6.07, 6.45) is -0.460. The number of pyridine rings is 1. The Hall–Kier alpha value is -2.66. The van der Waals surface area contributed by atoms with Crippen molar-refractivity contribution in [1.82, 2.24) is 20.3 Å². The first-order chi connectivity index (χ1) is 15.2. The number of alkyl halides is 3. The van der Waals surface area contributed by atoms with Crippen LogP contribution in [0.5, 0.6) is 11.8 Å². The molecule has 0 aromatic carbocycles. The van der Waals surface area contributed by atoms with E-state index in [-0.39, 0.29) is 47.0 Å². The molecule has 1 fully saturated rings. The summed E-state index contributed by atoms with van der Waals surface area (Å²) >= 11 is 6.23. The number of halogens is 4. The Labute approximate surface area is 187 Å². The zero-order valence-electron chi connectivity index (χ0n) is 17.2. The number of amides is 1. The third-order valence-corrected chi connectivity index (χ3v) is 5.03. The molecule has 1 aliphatic carbocycles. The summed E-state index contributed by atoms with van der Waals surface area (Å²) in [6.45, 7) is 2.50. The molecule has 0 radical (unpaired) electrons. The van der Waals surface area contributed by atoms with E-state index in [1.54, 1.807) is 0 Å². The molecule has 0 unspecified atom stereocenters. The van der Waals surface area contributed by atoms with Gasteiger partial charge >= 0.3 is 6.18 Å². The Bertz CT molecular complexity index is 926. The highest BCUT2D eigenvalue weighted by Gasteiger charge is 2.31. The second-order valence-electron chi connectivity index (χ2n) is 7.24. The Balaban J connectivity index is 1.45. The van der Waals surface area contributed by atoms with Crippen LogP contribution in [0.3, 0.4) is 0 Å². The molecule has 0 saturated heterocycles. The molecule has 8 nitrogen and oxygen atoms in total. The maximum Gasteiger partial charge on any atom is 0.416 e. The fraction of sp³-hybridized carbons (Fsp3) is 0.500. The maximum atomic E-state index is 12.8. The molecular formula is C20H22ClF3N4O4. The Morgan fingerprint density at radius 1 is 1.22 bits per heavy atom. The van der Waals surface area contributed by atoms with Crippen molar-refractivity contribution < 1.29 is 32.2 Å². The third-order valence-electron chi connectivity index (χ3n) is 4.70. The van der Waals surface area contributed by atoms with Crippen LogP contribution >= 0.6 is 11.6 Å². The van der Waals surface area contributed by atoms with Crippen molar-refractivity contribution in [2.45, 2.75) is 38.7 Å². The number of aromatic nitrogens is 3. The van der Waals surface area contributed by atoms with Crippen LogP contribution in [0.2, 0.25) is 5.02 Å². The molecular weight excluding hydrogens is 453 g/mol. The van der Waals surface area contributed by atoms with Crippen molar-refractivity contribution in [3.8, 4) is 11.8 Å². The van der Waals surface area contributed by atoms with Gasteiger partial charge in [0, 0.05) is 19.7 Å². The molecule has 1 amide bonds. The number of hydrogen-bond donors (Lipinski definition) is 1. The number of carbonyl (C=O) groups excluding carboxylic acids is 1. The summed E-state index contributed by atoms with van der Waals surface area (Å²) in [7, 11) is 0. The summed E-state index contributed by atoms with van der Waals surface area (Å²) in [5.41, 5.74) is -0.738. The van der Waals surface area contributed by atoms with Crippen molar-refractivity contribution >= 4 is 17.5 Å². The summed E-state index contributed by atoms with van der Waals surface area (Å²) in [5, 5.41) is 2.69. The lowest BCUT2D eigenvalue weighted by Gasteiger charge is -2.34. The molecule has 0 atom stereocenters. The van der Waals surface area contributed by atoms with Gasteiger partial charge < -0.3 is 19.5 Å². The number of hydrogen-bond acceptors (Lipinski definition) is 7. The summed E-state index contributed by atoms with van der Waals surface area (Å²) < 4.78 is 55.2. The molecule has 2 heterocycles. The van der Waals surface area contributed by atoms with Crippen molar-refractivity contribution in [3.05, 3.63) is 40.9 Å². The van der Waals surface area contributed by atoms with Crippen LogP contribution in [-0.4, -0.2) is 46.7 Å². The number of nitrogens with zero attached hydrogens (tertiary/aromatic N) is 3. The van der Waals surface area contributed by atoms with Crippen LogP contribution in [0.4, 0.5) is 13.2 Å². The molecule has 2 aromatic rings. The zero-order valence-corrected chi connectivity index (χ0v) is 17.9. The first kappa shape index (κ1) is 24.0. The minimum absolute atomic E-state index is 0.0105. The molecule has 3 rings (SSSR count). The monoisotopic (exact) mass is 474 g/mol. The predicted molar refractivity (Wildman–Crippen MR) is 107 cm³/mol. The SMILES string of the molecule is CC(=O)NCCO[C@H]1C[C@H](COc2ncnc(OCc3cc(C(F)(F)F)ccn3)c2Cl)C1. The quantitative estimate of drug-likeness (QED) is 0.527. The molecule has 1 aliphatic rings. The molecule has 2 aromatic heterocycles. The minimum Gasteiger partial charge on any atom is -0.476 e. The molecule has 174 valence electrons. The van der Waals surface area contributed by atoms with E-state index in [4.69, 9.17) is 25.8 Å². The summed E-state index contributed by atoms with van der Waals surface area (Å²) in [5.74, 6) is 0.294. The third kappa shape index (κ3) is 6.92. The smallest absolute Gasteiger partial charge is 0.416 e. The van der Waals surface area contributed by atoms with E-state index in [1.165, 1.54) is 13.3 Å². The Kier molecular flexibility index (Phi) is 8.08. The van der Waals surface area contributed by atoms with Crippen LogP contribution in [0.25, 0.3) is 0 Å². The van der Waals surface area contributed by atoms with Gasteiger partial charge in [-0.25, -0.2) is 9.97 Å². The fourth-order valence-electron chi connectivity index (χ4n) is 3.01. The highest BCUT2D eigenvalue weighted by atomic mass is 35.5. The number of ether oxygens (including phenoxy) is 3. The van der Waals surface area contributed by atoms with E-state index in [1.807, 2.05) is 0 Å². The molecule has 1 N–H and O–H groups in total. The molecule has 32 heavy (non-hydrogen) atoms. The van der Waals surface area contributed by atoms with Crippen molar-refractivity contribution in [3.63, 3.8) is 0 Å². The Morgan fingerprint density at radius 3 is 2.62 bits per heavy atom. The number of carbonyl (C=O) groups is 1. The zero-order chi connectivity index (χ0) is 23.1. The van der Waals surface area contributed by atoms with E-state index in [0.717, 1.165) is 31.2 Å². The second kappa shape index (κ2) is 10.8. The van der Waals surface area contributed by atoms with Gasteiger partial charge in [-0.2, -0.15) is 13.2 Å². The Morgan fingerprint density at radius 2 is 1.94 bits per heavy atom. The largest absolute Gasteiger partial charge is 0.476 e. The van der Waals surface area contributed by atoms with E-state index in [0.29, 0.717) is 19.8 Å². The van der Waals surface area contributed by atoms with Gasteiger partial charge in [-0.3, -0.25) is 9.78 Å². The van der Waals surface area contributed by atoms with Gasteiger partial charge in [-0.15, -0.1) is 0 Å². The van der Waals surface area contributed by atoms with Crippen molar-refractivity contribution in [1.29, 1.82) is 0 Å². The van der Waals surface area contributed by atoms with Crippen LogP contribution < -0.4 is 14.8 Å². The molecule has 1 saturated carbocycles. The molecule has 0 spiro atoms. The van der Waals surface area contributed by atoms with Gasteiger partial charge in [-0.1, -0.05) is 11.6 Å². The highest BCUT2D eigenvalue weighted by molar-refractivity contribution is 6.33. The summed E-state index contributed by atoms with van der Waals surface area (Å²) in [6, 6.07) is 1.78. The predicted octanol–water partition coefficient (Wildman–Crippen LogP) is 3.43. The molecule has 12 heteroatoms. The molecule has 0 bridgehead atoms. The lowest BCUT2D eigenvalue weighted by Crippen LogP contribution is -2.37.